The number of hydrogen-bond acceptors (Lipinski definition) is 8. The Hall–Kier alpha value is -3.20. The minimum absolute atomic E-state index is 0.235. The first-order valence-electron chi connectivity index (χ1n) is 8.85. The molecule has 2 N–H and O–H groups in total. The van der Waals surface area contributed by atoms with Gasteiger partial charge in [0, 0.05) is 20.7 Å². The fraction of sp³-hybridized carbons (Fsp3) is 0.368. The molecule has 0 aliphatic heterocycles. The van der Waals surface area contributed by atoms with Crippen LogP contribution >= 0.6 is 0 Å². The lowest BCUT2D eigenvalue weighted by molar-refractivity contribution is -0.139. The third-order valence-electron chi connectivity index (χ3n) is 4.37. The molecule has 0 fully saturated rings. The van der Waals surface area contributed by atoms with Gasteiger partial charge in [-0.2, -0.15) is 9.97 Å². The van der Waals surface area contributed by atoms with Crippen molar-refractivity contribution in [3.05, 3.63) is 41.7 Å². The number of rotatable bonds is 8. The number of hydrogen-bond donors (Lipinski definition) is 1. The number of imidazole rings is 1. The number of benzene rings is 1. The number of likely N-dealkylation sites (N-methyl/N-ethyl adjacent to an activating group) is 1. The SMILES string of the molecule is COCCN(C)c1nc(N)c2ncn(Cc3cccc(CC(=O)OC)c3)c2n1. The van der Waals surface area contributed by atoms with E-state index in [0.717, 1.165) is 11.1 Å². The molecule has 9 heteroatoms. The van der Waals surface area contributed by atoms with Crippen molar-refractivity contribution in [3.63, 3.8) is 0 Å². The highest BCUT2D eigenvalue weighted by Gasteiger charge is 2.14. The molecule has 28 heavy (non-hydrogen) atoms. The molecule has 0 bridgehead atoms. The second-order valence-corrected chi connectivity index (χ2v) is 6.44. The molecule has 0 saturated carbocycles. The summed E-state index contributed by atoms with van der Waals surface area (Å²) in [4.78, 5) is 26.7. The van der Waals surface area contributed by atoms with E-state index >= 15 is 0 Å². The molecule has 3 rings (SSSR count). The number of carbonyl (C=O) groups is 1. The lowest BCUT2D eigenvalue weighted by Crippen LogP contribution is -2.24. The van der Waals surface area contributed by atoms with Gasteiger partial charge in [-0.25, -0.2) is 4.98 Å². The van der Waals surface area contributed by atoms with Crippen LogP contribution in [-0.2, 0) is 27.2 Å². The average Bonchev–Trinajstić information content (AvgIpc) is 3.09. The number of carbonyl (C=O) groups excluding carboxylic acids is 1. The minimum atomic E-state index is -0.269. The summed E-state index contributed by atoms with van der Waals surface area (Å²) in [6.07, 6.45) is 1.93. The van der Waals surface area contributed by atoms with E-state index in [1.807, 2.05) is 40.8 Å². The van der Waals surface area contributed by atoms with Crippen molar-refractivity contribution in [2.75, 3.05) is 45.1 Å². The van der Waals surface area contributed by atoms with Gasteiger partial charge in [0.1, 0.15) is 5.52 Å². The topological polar surface area (TPSA) is 108 Å². The smallest absolute Gasteiger partial charge is 0.309 e. The van der Waals surface area contributed by atoms with Crippen LogP contribution in [0.1, 0.15) is 11.1 Å². The van der Waals surface area contributed by atoms with Crippen LogP contribution in [0.5, 0.6) is 0 Å². The van der Waals surface area contributed by atoms with Gasteiger partial charge in [0.15, 0.2) is 11.5 Å². The Bertz CT molecular complexity index is 971. The monoisotopic (exact) mass is 384 g/mol. The molecule has 0 radical (unpaired) electrons. The molecule has 9 nitrogen and oxygen atoms in total. The van der Waals surface area contributed by atoms with Gasteiger partial charge >= 0.3 is 5.97 Å². The second kappa shape index (κ2) is 8.66. The molecule has 0 amide bonds. The molecule has 2 heterocycles. The molecule has 0 saturated heterocycles. The van der Waals surface area contributed by atoms with Crippen LogP contribution in [0.2, 0.25) is 0 Å². The van der Waals surface area contributed by atoms with E-state index in [1.165, 1.54) is 7.11 Å². The predicted molar refractivity (Wildman–Crippen MR) is 106 cm³/mol. The molecule has 0 aliphatic carbocycles. The molecule has 0 unspecified atom stereocenters. The molecular weight excluding hydrogens is 360 g/mol. The summed E-state index contributed by atoms with van der Waals surface area (Å²) in [7, 11) is 4.92. The highest BCUT2D eigenvalue weighted by atomic mass is 16.5. The van der Waals surface area contributed by atoms with Crippen molar-refractivity contribution in [3.8, 4) is 0 Å². The second-order valence-electron chi connectivity index (χ2n) is 6.44. The summed E-state index contributed by atoms with van der Waals surface area (Å²) in [5.74, 6) is 0.584. The molecule has 148 valence electrons. The van der Waals surface area contributed by atoms with Gasteiger partial charge in [0.05, 0.1) is 33.0 Å². The first kappa shape index (κ1) is 19.6. The number of anilines is 2. The zero-order chi connectivity index (χ0) is 20.1. The average molecular weight is 384 g/mol. The van der Waals surface area contributed by atoms with Crippen LogP contribution in [-0.4, -0.2) is 59.9 Å². The zero-order valence-electron chi connectivity index (χ0n) is 16.3. The maximum absolute atomic E-state index is 11.5. The Morgan fingerprint density at radius 2 is 2.04 bits per heavy atom. The fourth-order valence-corrected chi connectivity index (χ4v) is 2.84. The van der Waals surface area contributed by atoms with Gasteiger partial charge in [0.25, 0.3) is 0 Å². The van der Waals surface area contributed by atoms with E-state index in [4.69, 9.17) is 15.2 Å². The highest BCUT2D eigenvalue weighted by Crippen LogP contribution is 2.21. The quantitative estimate of drug-likeness (QED) is 0.578. The maximum atomic E-state index is 11.5. The van der Waals surface area contributed by atoms with Crippen molar-refractivity contribution >= 4 is 28.9 Å². The standard InChI is InChI=1S/C19H24N6O3/c1-24(7-8-27-2)19-22-17(20)16-18(23-19)25(12-21-16)11-14-6-4-5-13(9-14)10-15(26)28-3/h4-6,9,12H,7-8,10-11H2,1-3H3,(H2,20,22,23). The third-order valence-corrected chi connectivity index (χ3v) is 4.37. The largest absolute Gasteiger partial charge is 0.469 e. The minimum Gasteiger partial charge on any atom is -0.469 e. The zero-order valence-corrected chi connectivity index (χ0v) is 16.3. The summed E-state index contributed by atoms with van der Waals surface area (Å²) in [6, 6.07) is 7.77. The van der Waals surface area contributed by atoms with Crippen molar-refractivity contribution in [1.82, 2.24) is 19.5 Å². The van der Waals surface area contributed by atoms with E-state index in [1.54, 1.807) is 13.4 Å². The van der Waals surface area contributed by atoms with Crippen molar-refractivity contribution < 1.29 is 14.3 Å². The van der Waals surface area contributed by atoms with Gasteiger partial charge in [0.2, 0.25) is 5.95 Å². The first-order valence-corrected chi connectivity index (χ1v) is 8.85. The molecule has 3 aromatic rings. The number of ether oxygens (including phenoxy) is 2. The lowest BCUT2D eigenvalue weighted by Gasteiger charge is -2.17. The number of methoxy groups -OCH3 is 2. The number of nitrogen functional groups attached to an aromatic ring is 1. The number of fused-ring (bicyclic) bond motifs is 1. The van der Waals surface area contributed by atoms with Crippen LogP contribution in [0.15, 0.2) is 30.6 Å². The first-order chi connectivity index (χ1) is 13.5. The Morgan fingerprint density at radius 1 is 1.25 bits per heavy atom. The number of aromatic nitrogens is 4. The predicted octanol–water partition coefficient (Wildman–Crippen LogP) is 1.25. The number of esters is 1. The number of nitrogens with zero attached hydrogens (tertiary/aromatic N) is 5. The molecule has 0 spiro atoms. The van der Waals surface area contributed by atoms with E-state index in [2.05, 4.69) is 15.0 Å². The van der Waals surface area contributed by atoms with Gasteiger partial charge < -0.3 is 24.7 Å². The Balaban J connectivity index is 1.88. The summed E-state index contributed by atoms with van der Waals surface area (Å²) in [5.41, 5.74) is 9.22. The van der Waals surface area contributed by atoms with E-state index in [0.29, 0.717) is 42.6 Å². The van der Waals surface area contributed by atoms with E-state index in [9.17, 15) is 4.79 Å². The molecule has 1 aromatic carbocycles. The van der Waals surface area contributed by atoms with Crippen LogP contribution < -0.4 is 10.6 Å². The molecule has 0 aliphatic rings. The summed E-state index contributed by atoms with van der Waals surface area (Å²) >= 11 is 0. The van der Waals surface area contributed by atoms with Crippen molar-refractivity contribution in [2.45, 2.75) is 13.0 Å². The Labute approximate surface area is 163 Å². The van der Waals surface area contributed by atoms with E-state index in [-0.39, 0.29) is 12.4 Å². The maximum Gasteiger partial charge on any atom is 0.309 e. The Morgan fingerprint density at radius 3 is 2.79 bits per heavy atom. The normalized spacial score (nSPS) is 11.0. The summed E-state index contributed by atoms with van der Waals surface area (Å²) < 4.78 is 11.8. The van der Waals surface area contributed by atoms with Crippen molar-refractivity contribution in [1.29, 1.82) is 0 Å². The molecule has 0 atom stereocenters. The van der Waals surface area contributed by atoms with Gasteiger partial charge in [-0.15, -0.1) is 0 Å². The molecular formula is C19H24N6O3. The summed E-state index contributed by atoms with van der Waals surface area (Å²) in [6.45, 7) is 1.75. The van der Waals surface area contributed by atoms with Crippen LogP contribution in [0.3, 0.4) is 0 Å². The van der Waals surface area contributed by atoms with Crippen molar-refractivity contribution in [2.24, 2.45) is 0 Å². The number of nitrogens with two attached hydrogens (primary N) is 1. The summed E-state index contributed by atoms with van der Waals surface area (Å²) in [5, 5.41) is 0. The van der Waals surface area contributed by atoms with Gasteiger partial charge in [-0.05, 0) is 11.1 Å². The van der Waals surface area contributed by atoms with Crippen LogP contribution in [0, 0.1) is 0 Å². The van der Waals surface area contributed by atoms with Crippen LogP contribution in [0.4, 0.5) is 11.8 Å². The van der Waals surface area contributed by atoms with E-state index < -0.39 is 0 Å². The fourth-order valence-electron chi connectivity index (χ4n) is 2.84. The Kier molecular flexibility index (Phi) is 6.05. The molecule has 2 aromatic heterocycles. The lowest BCUT2D eigenvalue weighted by atomic mass is 10.1. The van der Waals surface area contributed by atoms with Gasteiger partial charge in [-0.1, -0.05) is 24.3 Å². The van der Waals surface area contributed by atoms with Gasteiger partial charge in [-0.3, -0.25) is 4.79 Å². The third kappa shape index (κ3) is 4.37. The van der Waals surface area contributed by atoms with Crippen LogP contribution in [0.25, 0.3) is 11.2 Å². The highest BCUT2D eigenvalue weighted by molar-refractivity contribution is 5.83.